The number of carbonyl (C=O) groups is 1. The van der Waals surface area contributed by atoms with Gasteiger partial charge in [-0.25, -0.2) is 9.82 Å². The average molecular weight is 756 g/mol. The number of piperazine rings is 1. The highest BCUT2D eigenvalue weighted by molar-refractivity contribution is 6.35. The van der Waals surface area contributed by atoms with Crippen molar-refractivity contribution >= 4 is 47.7 Å². The van der Waals surface area contributed by atoms with Crippen LogP contribution in [0.2, 0.25) is 10.0 Å². The lowest BCUT2D eigenvalue weighted by atomic mass is 10.1. The van der Waals surface area contributed by atoms with Crippen LogP contribution in [0, 0.1) is 5.82 Å². The highest BCUT2D eigenvalue weighted by Crippen LogP contribution is 2.26. The van der Waals surface area contributed by atoms with Crippen molar-refractivity contribution in [1.29, 1.82) is 0 Å². The van der Waals surface area contributed by atoms with E-state index in [0.717, 1.165) is 29.8 Å². The van der Waals surface area contributed by atoms with Crippen LogP contribution in [0.15, 0.2) is 94.6 Å². The van der Waals surface area contributed by atoms with E-state index in [-0.39, 0.29) is 43.0 Å². The molecule has 266 valence electrons. The Morgan fingerprint density at radius 1 is 0.922 bits per heavy atom. The van der Waals surface area contributed by atoms with Gasteiger partial charge in [-0.1, -0.05) is 58.7 Å². The normalized spacial score (nSPS) is 13.5. The van der Waals surface area contributed by atoms with E-state index < -0.39 is 0 Å². The van der Waals surface area contributed by atoms with E-state index in [0.29, 0.717) is 65.1 Å². The second kappa shape index (κ2) is 18.0. The minimum absolute atomic E-state index is 0. The molecule has 0 radical (unpaired) electrons. The van der Waals surface area contributed by atoms with Crippen molar-refractivity contribution in [1.82, 2.24) is 25.4 Å². The summed E-state index contributed by atoms with van der Waals surface area (Å²) in [5, 5.41) is 19.6. The summed E-state index contributed by atoms with van der Waals surface area (Å²) in [5.74, 6) is 1.44. The second-order valence-corrected chi connectivity index (χ2v) is 12.4. The molecule has 51 heavy (non-hydrogen) atoms. The first kappa shape index (κ1) is 37.5. The van der Waals surface area contributed by atoms with Crippen molar-refractivity contribution in [2.24, 2.45) is 5.10 Å². The summed E-state index contributed by atoms with van der Waals surface area (Å²) < 4.78 is 30.0. The molecule has 1 fully saturated rings. The van der Waals surface area contributed by atoms with Gasteiger partial charge in [0.05, 0.1) is 19.3 Å². The summed E-state index contributed by atoms with van der Waals surface area (Å²) in [6.45, 7) is 4.07. The maximum absolute atomic E-state index is 13.1. The van der Waals surface area contributed by atoms with Crippen LogP contribution in [-0.4, -0.2) is 69.9 Å². The Labute approximate surface area is 310 Å². The van der Waals surface area contributed by atoms with E-state index >= 15 is 0 Å². The molecule has 1 aliphatic rings. The third kappa shape index (κ3) is 10.9. The molecule has 5 aromatic rings. The number of rotatable bonds is 13. The number of aromatic hydroxyl groups is 1. The molecule has 6 rings (SSSR count). The van der Waals surface area contributed by atoms with Crippen molar-refractivity contribution in [3.05, 3.63) is 123 Å². The third-order valence-electron chi connectivity index (χ3n) is 7.89. The van der Waals surface area contributed by atoms with Crippen molar-refractivity contribution in [2.45, 2.75) is 19.8 Å². The molecular formula is C36H34Cl3FN6O5. The van der Waals surface area contributed by atoms with E-state index in [2.05, 4.69) is 25.6 Å². The lowest BCUT2D eigenvalue weighted by Crippen LogP contribution is -2.48. The standard InChI is InChI=1S/C36H33Cl2FN6O5.ClH/c37-28-7-5-27(32(38)17-28)23-49-31-10-6-26(33(46)18-31)19-40-42-34(47)20-44-13-15-45(16-14-44)21-35-41-36(43-50-35)25-3-1-24(2-4-25)22-48-30-11-8-29(39)9-12-30;/h1-12,17-19,46H,13-16,20-23H2,(H,42,47);1H. The van der Waals surface area contributed by atoms with Crippen molar-refractivity contribution in [3.63, 3.8) is 0 Å². The van der Waals surface area contributed by atoms with Crippen LogP contribution in [0.4, 0.5) is 4.39 Å². The molecule has 0 aliphatic carbocycles. The number of hydrazone groups is 1. The van der Waals surface area contributed by atoms with Gasteiger partial charge in [-0.3, -0.25) is 14.6 Å². The van der Waals surface area contributed by atoms with Gasteiger partial charge in [-0.2, -0.15) is 10.1 Å². The maximum atomic E-state index is 13.1. The summed E-state index contributed by atoms with van der Waals surface area (Å²) in [6, 6.07) is 23.5. The first-order chi connectivity index (χ1) is 24.3. The molecule has 1 saturated heterocycles. The van der Waals surface area contributed by atoms with Gasteiger partial charge >= 0.3 is 0 Å². The Balaban J connectivity index is 0.00000504. The number of aromatic nitrogens is 2. The van der Waals surface area contributed by atoms with Crippen LogP contribution in [0.5, 0.6) is 17.2 Å². The lowest BCUT2D eigenvalue weighted by molar-refractivity contribution is -0.122. The van der Waals surface area contributed by atoms with Crippen LogP contribution in [-0.2, 0) is 24.6 Å². The van der Waals surface area contributed by atoms with Gasteiger partial charge in [0.2, 0.25) is 11.7 Å². The van der Waals surface area contributed by atoms with E-state index in [1.165, 1.54) is 24.4 Å². The Kier molecular flexibility index (Phi) is 13.2. The molecule has 0 atom stereocenters. The molecule has 0 unspecified atom stereocenters. The Bertz CT molecular complexity index is 1940. The van der Waals surface area contributed by atoms with E-state index in [9.17, 15) is 14.3 Å². The number of amides is 1. The van der Waals surface area contributed by atoms with Crippen molar-refractivity contribution < 1.29 is 28.3 Å². The predicted octanol–water partition coefficient (Wildman–Crippen LogP) is 6.74. The smallest absolute Gasteiger partial charge is 0.254 e. The zero-order valence-corrected chi connectivity index (χ0v) is 29.5. The quantitative estimate of drug-likeness (QED) is 0.0994. The van der Waals surface area contributed by atoms with Crippen LogP contribution in [0.3, 0.4) is 0 Å². The van der Waals surface area contributed by atoms with Crippen LogP contribution in [0.1, 0.15) is 22.6 Å². The van der Waals surface area contributed by atoms with E-state index in [4.69, 9.17) is 37.2 Å². The molecule has 2 N–H and O–H groups in total. The average Bonchev–Trinajstić information content (AvgIpc) is 3.58. The lowest BCUT2D eigenvalue weighted by Gasteiger charge is -2.33. The molecule has 1 amide bonds. The predicted molar refractivity (Wildman–Crippen MR) is 194 cm³/mol. The van der Waals surface area contributed by atoms with Crippen molar-refractivity contribution in [2.75, 3.05) is 32.7 Å². The van der Waals surface area contributed by atoms with E-state index in [1.54, 1.807) is 42.5 Å². The minimum Gasteiger partial charge on any atom is -0.507 e. The van der Waals surface area contributed by atoms with Gasteiger partial charge in [0.15, 0.2) is 0 Å². The SMILES string of the molecule is Cl.O=C(CN1CCN(Cc2nc(-c3ccc(COc4ccc(F)cc4)cc3)no2)CC1)NN=Cc1ccc(OCc2ccc(Cl)cc2Cl)cc1O. The molecule has 1 aliphatic heterocycles. The monoisotopic (exact) mass is 754 g/mol. The largest absolute Gasteiger partial charge is 0.507 e. The molecule has 1 aromatic heterocycles. The number of phenols is 1. The number of hydrogen-bond donors (Lipinski definition) is 2. The molecule has 4 aromatic carbocycles. The highest BCUT2D eigenvalue weighted by Gasteiger charge is 2.21. The van der Waals surface area contributed by atoms with Gasteiger partial charge in [-0.05, 0) is 54.1 Å². The second-order valence-electron chi connectivity index (χ2n) is 11.5. The number of phenolic OH excluding ortho intramolecular Hbond substituents is 1. The Morgan fingerprint density at radius 2 is 1.63 bits per heavy atom. The van der Waals surface area contributed by atoms with Gasteiger partial charge in [0, 0.05) is 59.0 Å². The number of nitrogens with one attached hydrogen (secondary N) is 1. The zero-order chi connectivity index (χ0) is 34.9. The molecule has 15 heteroatoms. The summed E-state index contributed by atoms with van der Waals surface area (Å²) in [4.78, 5) is 21.3. The summed E-state index contributed by atoms with van der Waals surface area (Å²) in [6.07, 6.45) is 1.38. The van der Waals surface area contributed by atoms with Crippen molar-refractivity contribution in [3.8, 4) is 28.6 Å². The first-order valence-corrected chi connectivity index (χ1v) is 16.5. The number of ether oxygens (including phenoxy) is 2. The number of halogens is 4. The van der Waals surface area contributed by atoms with Gasteiger partial charge < -0.3 is 19.1 Å². The van der Waals surface area contributed by atoms with Gasteiger partial charge in [0.1, 0.15) is 36.3 Å². The number of benzene rings is 4. The third-order valence-corrected chi connectivity index (χ3v) is 8.48. The van der Waals surface area contributed by atoms with Gasteiger partial charge in [0.25, 0.3) is 5.91 Å². The van der Waals surface area contributed by atoms with E-state index in [1.807, 2.05) is 29.2 Å². The Morgan fingerprint density at radius 3 is 2.35 bits per heavy atom. The topological polar surface area (TPSA) is 126 Å². The number of hydrogen-bond acceptors (Lipinski definition) is 10. The zero-order valence-electron chi connectivity index (χ0n) is 27.2. The molecule has 0 spiro atoms. The van der Waals surface area contributed by atoms with Crippen LogP contribution in [0.25, 0.3) is 11.4 Å². The fourth-order valence-corrected chi connectivity index (χ4v) is 5.58. The molecule has 0 bridgehead atoms. The van der Waals surface area contributed by atoms with Crippen LogP contribution < -0.4 is 14.9 Å². The summed E-state index contributed by atoms with van der Waals surface area (Å²) in [7, 11) is 0. The number of nitrogens with zero attached hydrogens (tertiary/aromatic N) is 5. The molecular weight excluding hydrogens is 722 g/mol. The summed E-state index contributed by atoms with van der Waals surface area (Å²) in [5.41, 5.74) is 5.48. The summed E-state index contributed by atoms with van der Waals surface area (Å²) >= 11 is 12.1. The minimum atomic E-state index is -0.306. The fourth-order valence-electron chi connectivity index (χ4n) is 5.12. The van der Waals surface area contributed by atoms with Gasteiger partial charge in [-0.15, -0.1) is 12.4 Å². The highest BCUT2D eigenvalue weighted by atomic mass is 35.5. The molecule has 2 heterocycles. The molecule has 11 nitrogen and oxygen atoms in total. The Hall–Kier alpha value is -4.72. The fraction of sp³-hybridized carbons (Fsp3) is 0.222. The number of carbonyl (C=O) groups excluding carboxylic acids is 1. The maximum Gasteiger partial charge on any atom is 0.254 e. The van der Waals surface area contributed by atoms with Crippen LogP contribution >= 0.6 is 35.6 Å². The molecule has 0 saturated carbocycles. The first-order valence-electron chi connectivity index (χ1n) is 15.7.